The molecule has 0 aromatic heterocycles. The highest BCUT2D eigenvalue weighted by molar-refractivity contribution is 5.93. The smallest absolute Gasteiger partial charge is 0.226 e. The van der Waals surface area contributed by atoms with Crippen LogP contribution >= 0.6 is 0 Å². The molecular weight excluding hydrogens is 351 g/mol. The summed E-state index contributed by atoms with van der Waals surface area (Å²) in [4.78, 5) is 25.6. The summed E-state index contributed by atoms with van der Waals surface area (Å²) in [5, 5.41) is 2.75. The number of benzene rings is 2. The van der Waals surface area contributed by atoms with E-state index in [-0.39, 0.29) is 37.1 Å². The Labute approximate surface area is 157 Å². The Morgan fingerprint density at radius 2 is 1.85 bits per heavy atom. The minimum Gasteiger partial charge on any atom is -0.497 e. The maximum atomic E-state index is 13.8. The zero-order valence-corrected chi connectivity index (χ0v) is 15.6. The Bertz CT molecular complexity index is 810. The first-order valence-electron chi connectivity index (χ1n) is 8.45. The molecule has 1 N–H and O–H groups in total. The van der Waals surface area contributed by atoms with Crippen LogP contribution in [0.4, 0.5) is 10.1 Å². The number of hydrogen-bond donors (Lipinski definition) is 1. The zero-order valence-electron chi connectivity index (χ0n) is 15.6. The third-order valence-electron chi connectivity index (χ3n) is 4.05. The highest BCUT2D eigenvalue weighted by Gasteiger charge is 2.15. The van der Waals surface area contributed by atoms with Crippen LogP contribution in [0.2, 0.25) is 0 Å². The van der Waals surface area contributed by atoms with Gasteiger partial charge in [0.2, 0.25) is 11.8 Å². The molecule has 2 rings (SSSR count). The minimum absolute atomic E-state index is 0.0639. The van der Waals surface area contributed by atoms with Gasteiger partial charge in [-0.2, -0.15) is 0 Å². The molecule has 0 bridgehead atoms. The van der Waals surface area contributed by atoms with Crippen LogP contribution in [0, 0.1) is 5.82 Å². The molecule has 0 unspecified atom stereocenters. The second kappa shape index (κ2) is 9.56. The van der Waals surface area contributed by atoms with Crippen molar-refractivity contribution < 1.29 is 23.5 Å². The fourth-order valence-corrected chi connectivity index (χ4v) is 2.54. The predicted molar refractivity (Wildman–Crippen MR) is 100 cm³/mol. The third-order valence-corrected chi connectivity index (χ3v) is 4.05. The number of nitrogens with one attached hydrogen (secondary N) is 1. The van der Waals surface area contributed by atoms with Gasteiger partial charge in [0.25, 0.3) is 0 Å². The number of carbonyl (C=O) groups excluding carboxylic acids is 2. The maximum absolute atomic E-state index is 13.8. The first-order valence-corrected chi connectivity index (χ1v) is 8.45. The largest absolute Gasteiger partial charge is 0.497 e. The molecule has 0 saturated carbocycles. The molecule has 0 fully saturated rings. The van der Waals surface area contributed by atoms with Gasteiger partial charge in [-0.25, -0.2) is 4.39 Å². The standard InChI is InChI=1S/C20H23FN2O4/c1-14(24)23(13-15-6-4-5-7-17(15)21)11-10-20(25)22-18-12-16(26-2)8-9-19(18)27-3/h4-9,12H,10-11,13H2,1-3H3,(H,22,25). The lowest BCUT2D eigenvalue weighted by molar-refractivity contribution is -0.130. The van der Waals surface area contributed by atoms with E-state index in [1.165, 1.54) is 32.1 Å². The van der Waals surface area contributed by atoms with Gasteiger partial charge in [0, 0.05) is 38.1 Å². The van der Waals surface area contributed by atoms with Crippen LogP contribution in [0.5, 0.6) is 11.5 Å². The number of halogens is 1. The molecule has 0 spiro atoms. The Balaban J connectivity index is 2.00. The van der Waals surface area contributed by atoms with E-state index in [1.54, 1.807) is 36.4 Å². The Morgan fingerprint density at radius 1 is 1.11 bits per heavy atom. The van der Waals surface area contributed by atoms with Crippen LogP contribution < -0.4 is 14.8 Å². The number of anilines is 1. The quantitative estimate of drug-likeness (QED) is 0.770. The summed E-state index contributed by atoms with van der Waals surface area (Å²) in [6.07, 6.45) is 0.0639. The second-order valence-electron chi connectivity index (χ2n) is 5.90. The number of amides is 2. The summed E-state index contributed by atoms with van der Waals surface area (Å²) >= 11 is 0. The lowest BCUT2D eigenvalue weighted by Crippen LogP contribution is -2.32. The van der Waals surface area contributed by atoms with Crippen LogP contribution in [-0.4, -0.2) is 37.5 Å². The molecule has 6 nitrogen and oxygen atoms in total. The summed E-state index contributed by atoms with van der Waals surface area (Å²) in [6.45, 7) is 1.67. The molecule has 0 heterocycles. The first-order chi connectivity index (χ1) is 12.9. The van der Waals surface area contributed by atoms with Gasteiger partial charge in [-0.05, 0) is 18.2 Å². The number of nitrogens with zero attached hydrogens (tertiary/aromatic N) is 1. The molecule has 0 aliphatic heterocycles. The third kappa shape index (κ3) is 5.70. The molecule has 2 aromatic carbocycles. The van der Waals surface area contributed by atoms with Crippen molar-refractivity contribution in [2.75, 3.05) is 26.1 Å². The van der Waals surface area contributed by atoms with E-state index < -0.39 is 0 Å². The SMILES string of the molecule is COc1ccc(OC)c(NC(=O)CCN(Cc2ccccc2F)C(C)=O)c1. The fourth-order valence-electron chi connectivity index (χ4n) is 2.54. The normalized spacial score (nSPS) is 10.2. The van der Waals surface area contributed by atoms with E-state index >= 15 is 0 Å². The van der Waals surface area contributed by atoms with E-state index in [9.17, 15) is 14.0 Å². The van der Waals surface area contributed by atoms with Crippen molar-refractivity contribution in [1.82, 2.24) is 4.90 Å². The number of ether oxygens (including phenoxy) is 2. The van der Waals surface area contributed by atoms with Crippen molar-refractivity contribution in [2.24, 2.45) is 0 Å². The van der Waals surface area contributed by atoms with Gasteiger partial charge in [-0.1, -0.05) is 18.2 Å². The van der Waals surface area contributed by atoms with Gasteiger partial charge in [0.05, 0.1) is 19.9 Å². The van der Waals surface area contributed by atoms with Gasteiger partial charge in [-0.15, -0.1) is 0 Å². The fraction of sp³-hybridized carbons (Fsp3) is 0.300. The molecule has 27 heavy (non-hydrogen) atoms. The lowest BCUT2D eigenvalue weighted by Gasteiger charge is -2.21. The Kier molecular flexibility index (Phi) is 7.16. The first kappa shape index (κ1) is 20.2. The molecule has 0 aliphatic carbocycles. The van der Waals surface area contributed by atoms with Crippen molar-refractivity contribution in [3.05, 3.63) is 53.8 Å². The Morgan fingerprint density at radius 3 is 2.48 bits per heavy atom. The molecule has 2 amide bonds. The van der Waals surface area contributed by atoms with Crippen molar-refractivity contribution in [3.63, 3.8) is 0 Å². The predicted octanol–water partition coefficient (Wildman–Crippen LogP) is 3.22. The average molecular weight is 374 g/mol. The molecule has 7 heteroatoms. The number of hydrogen-bond acceptors (Lipinski definition) is 4. The van der Waals surface area contributed by atoms with Crippen molar-refractivity contribution in [3.8, 4) is 11.5 Å². The van der Waals surface area contributed by atoms with Crippen LogP contribution in [-0.2, 0) is 16.1 Å². The molecule has 0 atom stereocenters. The van der Waals surface area contributed by atoms with Gasteiger partial charge >= 0.3 is 0 Å². The molecular formula is C20H23FN2O4. The van der Waals surface area contributed by atoms with Gasteiger partial charge in [0.1, 0.15) is 17.3 Å². The number of methoxy groups -OCH3 is 2. The molecule has 0 saturated heterocycles. The number of rotatable bonds is 8. The van der Waals surface area contributed by atoms with Crippen LogP contribution in [0.15, 0.2) is 42.5 Å². The highest BCUT2D eigenvalue weighted by atomic mass is 19.1. The number of carbonyl (C=O) groups is 2. The van der Waals surface area contributed by atoms with Gasteiger partial charge in [0.15, 0.2) is 0 Å². The maximum Gasteiger partial charge on any atom is 0.226 e. The molecule has 2 aromatic rings. The van der Waals surface area contributed by atoms with Crippen LogP contribution in [0.3, 0.4) is 0 Å². The molecule has 0 aliphatic rings. The lowest BCUT2D eigenvalue weighted by atomic mass is 10.2. The van der Waals surface area contributed by atoms with Crippen LogP contribution in [0.25, 0.3) is 0 Å². The van der Waals surface area contributed by atoms with Gasteiger partial charge in [-0.3, -0.25) is 9.59 Å². The van der Waals surface area contributed by atoms with E-state index in [0.717, 1.165) is 0 Å². The topological polar surface area (TPSA) is 67.9 Å². The molecule has 144 valence electrons. The monoisotopic (exact) mass is 374 g/mol. The van der Waals surface area contributed by atoms with Gasteiger partial charge < -0.3 is 19.7 Å². The zero-order chi connectivity index (χ0) is 19.8. The highest BCUT2D eigenvalue weighted by Crippen LogP contribution is 2.29. The summed E-state index contributed by atoms with van der Waals surface area (Å²) < 4.78 is 24.2. The minimum atomic E-state index is -0.380. The van der Waals surface area contributed by atoms with Crippen molar-refractivity contribution in [1.29, 1.82) is 0 Å². The molecule has 0 radical (unpaired) electrons. The van der Waals surface area contributed by atoms with E-state index in [0.29, 0.717) is 22.7 Å². The van der Waals surface area contributed by atoms with Crippen LogP contribution in [0.1, 0.15) is 18.9 Å². The summed E-state index contributed by atoms with van der Waals surface area (Å²) in [6, 6.07) is 11.3. The average Bonchev–Trinajstić information content (AvgIpc) is 2.66. The van der Waals surface area contributed by atoms with E-state index in [1.807, 2.05) is 0 Å². The van der Waals surface area contributed by atoms with Crippen molar-refractivity contribution in [2.45, 2.75) is 19.9 Å². The second-order valence-corrected chi connectivity index (χ2v) is 5.90. The van der Waals surface area contributed by atoms with E-state index in [2.05, 4.69) is 5.32 Å². The summed E-state index contributed by atoms with van der Waals surface area (Å²) in [7, 11) is 3.03. The van der Waals surface area contributed by atoms with Crippen molar-refractivity contribution >= 4 is 17.5 Å². The summed E-state index contributed by atoms with van der Waals surface area (Å²) in [5.41, 5.74) is 0.882. The summed E-state index contributed by atoms with van der Waals surface area (Å²) in [5.74, 6) is 0.176. The Hall–Kier alpha value is -3.09. The van der Waals surface area contributed by atoms with E-state index in [4.69, 9.17) is 9.47 Å².